The second-order valence-electron chi connectivity index (χ2n) is 9.10. The molecule has 1 saturated heterocycles. The lowest BCUT2D eigenvalue weighted by Gasteiger charge is -2.43. The molecule has 4 rings (SSSR count). The van der Waals surface area contributed by atoms with Crippen LogP contribution in [0.25, 0.3) is 0 Å². The summed E-state index contributed by atoms with van der Waals surface area (Å²) in [5, 5.41) is 0.444. The summed E-state index contributed by atoms with van der Waals surface area (Å²) in [6.45, 7) is 6.43. The second-order valence-corrected chi connectivity index (χ2v) is 9.51. The van der Waals surface area contributed by atoms with Gasteiger partial charge in [0.25, 0.3) is 0 Å². The molecule has 2 heterocycles. The van der Waals surface area contributed by atoms with Gasteiger partial charge in [-0.3, -0.25) is 4.79 Å². The molecule has 2 aromatic rings. The van der Waals surface area contributed by atoms with E-state index in [1.807, 2.05) is 25.1 Å². The lowest BCUT2D eigenvalue weighted by molar-refractivity contribution is -0.125. The van der Waals surface area contributed by atoms with E-state index in [0.29, 0.717) is 65.7 Å². The Labute approximate surface area is 212 Å². The van der Waals surface area contributed by atoms with E-state index in [2.05, 4.69) is 17.9 Å². The zero-order valence-corrected chi connectivity index (χ0v) is 21.7. The van der Waals surface area contributed by atoms with E-state index >= 15 is 0 Å². The Balaban J connectivity index is 1.73. The minimum absolute atomic E-state index is 0.0217. The summed E-state index contributed by atoms with van der Waals surface area (Å²) in [6.07, 6.45) is 2.18. The number of carbonyl (C=O) groups is 1. The lowest BCUT2D eigenvalue weighted by Crippen LogP contribution is -2.45. The number of piperidine rings is 1. The molecule has 2 N–H and O–H groups in total. The number of halogens is 1. The Morgan fingerprint density at radius 3 is 2.51 bits per heavy atom. The lowest BCUT2D eigenvalue weighted by atomic mass is 9.71. The van der Waals surface area contributed by atoms with Crippen LogP contribution in [0.4, 0.5) is 11.4 Å². The number of ether oxygens (including phenoxy) is 4. The summed E-state index contributed by atoms with van der Waals surface area (Å²) in [6, 6.07) is 7.93. The number of carbonyl (C=O) groups excluding carboxylic acids is 1. The van der Waals surface area contributed by atoms with Gasteiger partial charge in [0.1, 0.15) is 19.0 Å². The third-order valence-corrected chi connectivity index (χ3v) is 7.65. The summed E-state index contributed by atoms with van der Waals surface area (Å²) in [4.78, 5) is 15.4. The minimum atomic E-state index is -0.0217. The predicted molar refractivity (Wildman–Crippen MR) is 139 cm³/mol. The normalized spacial score (nSPS) is 20.3. The predicted octanol–water partition coefficient (Wildman–Crippen LogP) is 5.33. The largest absolute Gasteiger partial charge is 0.493 e. The average molecular weight is 503 g/mol. The first-order valence-corrected chi connectivity index (χ1v) is 12.7. The molecular weight excluding hydrogens is 468 g/mol. The SMILES string of the molecule is CCC(=O)C1CCN(c2cc(Cl)c(N)c3c2OCCO3)CC1C(CC)c1ccc(OC)c(OC)c1. The number of hydrogen-bond acceptors (Lipinski definition) is 7. The molecule has 0 aliphatic carbocycles. The van der Waals surface area contributed by atoms with Crippen LogP contribution in [0.3, 0.4) is 0 Å². The average Bonchev–Trinajstić information content (AvgIpc) is 2.90. The zero-order chi connectivity index (χ0) is 25.1. The van der Waals surface area contributed by atoms with Crippen LogP contribution >= 0.6 is 11.6 Å². The fourth-order valence-corrected chi connectivity index (χ4v) is 5.74. The van der Waals surface area contributed by atoms with Gasteiger partial charge in [-0.1, -0.05) is 31.5 Å². The summed E-state index contributed by atoms with van der Waals surface area (Å²) >= 11 is 6.49. The maximum absolute atomic E-state index is 13.1. The number of ketones is 1. The first-order valence-electron chi connectivity index (χ1n) is 12.3. The van der Waals surface area contributed by atoms with Gasteiger partial charge in [-0.2, -0.15) is 0 Å². The maximum Gasteiger partial charge on any atom is 0.188 e. The Bertz CT molecular complexity index is 1080. The highest BCUT2D eigenvalue weighted by molar-refractivity contribution is 6.34. The number of nitrogens with two attached hydrogens (primary N) is 1. The molecule has 3 atom stereocenters. The Morgan fingerprint density at radius 2 is 1.86 bits per heavy atom. The molecule has 8 heteroatoms. The summed E-state index contributed by atoms with van der Waals surface area (Å²) in [5.74, 6) is 3.09. The molecule has 0 bridgehead atoms. The van der Waals surface area contributed by atoms with Crippen molar-refractivity contribution in [2.24, 2.45) is 11.8 Å². The molecule has 35 heavy (non-hydrogen) atoms. The molecule has 2 aromatic carbocycles. The molecule has 0 saturated carbocycles. The molecule has 0 aromatic heterocycles. The second kappa shape index (κ2) is 10.9. The minimum Gasteiger partial charge on any atom is -0.493 e. The molecule has 0 amide bonds. The van der Waals surface area contributed by atoms with E-state index in [4.69, 9.17) is 36.3 Å². The molecule has 2 aliphatic heterocycles. The highest BCUT2D eigenvalue weighted by Gasteiger charge is 2.39. The number of fused-ring (bicyclic) bond motifs is 1. The van der Waals surface area contributed by atoms with E-state index in [1.165, 1.54) is 0 Å². The number of nitrogens with zero attached hydrogens (tertiary/aromatic N) is 1. The van der Waals surface area contributed by atoms with Gasteiger partial charge in [-0.05, 0) is 48.4 Å². The molecule has 0 spiro atoms. The van der Waals surface area contributed by atoms with Crippen molar-refractivity contribution in [3.8, 4) is 23.0 Å². The maximum atomic E-state index is 13.1. The van der Waals surface area contributed by atoms with E-state index < -0.39 is 0 Å². The van der Waals surface area contributed by atoms with E-state index in [9.17, 15) is 4.79 Å². The van der Waals surface area contributed by atoms with Crippen LogP contribution < -0.4 is 29.6 Å². The number of anilines is 2. The highest BCUT2D eigenvalue weighted by atomic mass is 35.5. The van der Waals surface area contributed by atoms with Crippen LogP contribution in [0.15, 0.2) is 24.3 Å². The Hall–Kier alpha value is -2.80. The molecular formula is C27H35ClN2O5. The first-order chi connectivity index (χ1) is 16.9. The van der Waals surface area contributed by atoms with Crippen molar-refractivity contribution in [1.82, 2.24) is 0 Å². The zero-order valence-electron chi connectivity index (χ0n) is 20.9. The number of hydrogen-bond donors (Lipinski definition) is 1. The van der Waals surface area contributed by atoms with Gasteiger partial charge >= 0.3 is 0 Å². The number of Topliss-reactive ketones (excluding diaryl/α,β-unsaturated/α-hetero) is 1. The van der Waals surface area contributed by atoms with Gasteiger partial charge < -0.3 is 29.6 Å². The van der Waals surface area contributed by atoms with E-state index in [0.717, 1.165) is 30.6 Å². The van der Waals surface area contributed by atoms with Crippen LogP contribution in [0.1, 0.15) is 44.6 Å². The van der Waals surface area contributed by atoms with Crippen molar-refractivity contribution < 1.29 is 23.7 Å². The van der Waals surface area contributed by atoms with Crippen LogP contribution in [0, 0.1) is 11.8 Å². The van der Waals surface area contributed by atoms with Crippen molar-refractivity contribution in [3.05, 3.63) is 34.9 Å². The smallest absolute Gasteiger partial charge is 0.188 e. The number of benzene rings is 2. The summed E-state index contributed by atoms with van der Waals surface area (Å²) in [5.41, 5.74) is 8.59. The van der Waals surface area contributed by atoms with Crippen LogP contribution in [0.5, 0.6) is 23.0 Å². The van der Waals surface area contributed by atoms with Gasteiger partial charge in [0.05, 0.1) is 30.6 Å². The highest BCUT2D eigenvalue weighted by Crippen LogP contribution is 2.50. The van der Waals surface area contributed by atoms with Crippen molar-refractivity contribution in [1.29, 1.82) is 0 Å². The molecule has 0 radical (unpaired) electrons. The molecule has 2 aliphatic rings. The van der Waals surface area contributed by atoms with Crippen LogP contribution in [-0.4, -0.2) is 46.3 Å². The van der Waals surface area contributed by atoms with Gasteiger partial charge in [0.2, 0.25) is 0 Å². The van der Waals surface area contributed by atoms with Crippen molar-refractivity contribution in [3.63, 3.8) is 0 Å². The van der Waals surface area contributed by atoms with Crippen molar-refractivity contribution >= 4 is 28.8 Å². The Kier molecular flexibility index (Phi) is 7.85. The summed E-state index contributed by atoms with van der Waals surface area (Å²) < 4.78 is 22.8. The van der Waals surface area contributed by atoms with E-state index in [-0.39, 0.29) is 17.8 Å². The third kappa shape index (κ3) is 4.83. The van der Waals surface area contributed by atoms with Gasteiger partial charge in [0, 0.05) is 25.4 Å². The van der Waals surface area contributed by atoms with Crippen molar-refractivity contribution in [2.45, 2.75) is 39.0 Å². The van der Waals surface area contributed by atoms with E-state index in [1.54, 1.807) is 14.2 Å². The number of nitrogen functional groups attached to an aromatic ring is 1. The number of rotatable bonds is 8. The van der Waals surface area contributed by atoms with Crippen LogP contribution in [-0.2, 0) is 4.79 Å². The molecule has 3 unspecified atom stereocenters. The fourth-order valence-electron chi connectivity index (χ4n) is 5.56. The standard InChI is InChI=1S/C27H35ClN2O5/c1-5-17(16-7-8-23(32-3)24(13-16)33-4)19-15-30(10-9-18(19)22(31)6-2)21-14-20(28)25(29)27-26(21)34-11-12-35-27/h7-8,13-14,17-19H,5-6,9-12,15,29H2,1-4H3. The first kappa shape index (κ1) is 25.3. The topological polar surface area (TPSA) is 83.3 Å². The van der Waals surface area contributed by atoms with Gasteiger partial charge in [-0.25, -0.2) is 0 Å². The Morgan fingerprint density at radius 1 is 1.14 bits per heavy atom. The molecule has 7 nitrogen and oxygen atoms in total. The monoisotopic (exact) mass is 502 g/mol. The van der Waals surface area contributed by atoms with Gasteiger partial charge in [-0.15, -0.1) is 0 Å². The van der Waals surface area contributed by atoms with Crippen LogP contribution in [0.2, 0.25) is 5.02 Å². The van der Waals surface area contributed by atoms with Crippen molar-refractivity contribution in [2.75, 3.05) is 51.2 Å². The fraction of sp³-hybridized carbons (Fsp3) is 0.519. The number of methoxy groups -OCH3 is 2. The quantitative estimate of drug-likeness (QED) is 0.488. The van der Waals surface area contributed by atoms with Gasteiger partial charge in [0.15, 0.2) is 23.0 Å². The third-order valence-electron chi connectivity index (χ3n) is 7.33. The summed E-state index contributed by atoms with van der Waals surface area (Å²) in [7, 11) is 3.28. The molecule has 1 fully saturated rings. The molecule has 190 valence electrons.